The normalized spacial score (nSPS) is 16.0. The number of nitrogens with zero attached hydrogens (tertiary/aromatic N) is 3. The van der Waals surface area contributed by atoms with Crippen LogP contribution in [0.3, 0.4) is 0 Å². The van der Waals surface area contributed by atoms with Gasteiger partial charge in [0.15, 0.2) is 0 Å². The maximum absolute atomic E-state index is 13.0. The summed E-state index contributed by atoms with van der Waals surface area (Å²) < 4.78 is 30.0. The van der Waals surface area contributed by atoms with E-state index in [1.54, 1.807) is 28.8 Å². The molecule has 1 saturated heterocycles. The molecule has 1 aliphatic rings. The first-order chi connectivity index (χ1) is 15.2. The van der Waals surface area contributed by atoms with Gasteiger partial charge in [0.1, 0.15) is 0 Å². The average molecular weight is 475 g/mol. The van der Waals surface area contributed by atoms with Crippen LogP contribution in [0.25, 0.3) is 10.2 Å². The van der Waals surface area contributed by atoms with Crippen molar-refractivity contribution in [3.05, 3.63) is 57.7 Å². The lowest BCUT2D eigenvalue weighted by Gasteiger charge is -2.31. The molecule has 0 saturated carbocycles. The van der Waals surface area contributed by atoms with Crippen molar-refractivity contribution in [3.63, 3.8) is 0 Å². The van der Waals surface area contributed by atoms with Crippen molar-refractivity contribution in [2.45, 2.75) is 24.8 Å². The first-order valence-electron chi connectivity index (χ1n) is 10.4. The van der Waals surface area contributed by atoms with Crippen molar-refractivity contribution in [2.24, 2.45) is 0 Å². The van der Waals surface area contributed by atoms with E-state index in [9.17, 15) is 18.0 Å². The van der Waals surface area contributed by atoms with Gasteiger partial charge in [-0.15, -0.1) is 0 Å². The Labute approximate surface area is 191 Å². The summed E-state index contributed by atoms with van der Waals surface area (Å²) in [5.41, 5.74) is 1.63. The maximum atomic E-state index is 13.0. The number of piperazine rings is 1. The summed E-state index contributed by atoms with van der Waals surface area (Å²) >= 11 is 1.13. The smallest absolute Gasteiger partial charge is 0.308 e. The van der Waals surface area contributed by atoms with Crippen molar-refractivity contribution in [3.8, 4) is 0 Å². The summed E-state index contributed by atoms with van der Waals surface area (Å²) in [6.07, 6.45) is 0. The maximum Gasteiger partial charge on any atom is 0.308 e. The number of nitrogens with one attached hydrogen (secondary N) is 1. The van der Waals surface area contributed by atoms with Crippen LogP contribution in [-0.4, -0.2) is 61.3 Å². The molecular formula is C22H26N4O4S2. The van der Waals surface area contributed by atoms with Crippen LogP contribution in [0, 0.1) is 0 Å². The molecule has 8 nitrogen and oxygen atoms in total. The summed E-state index contributed by atoms with van der Waals surface area (Å²) in [5, 5.41) is 2.81. The lowest BCUT2D eigenvalue weighted by molar-refractivity contribution is 0.102. The Hall–Kier alpha value is -2.53. The third kappa shape index (κ3) is 4.36. The number of benzene rings is 2. The standard InChI is InChI=1S/C22H26N4O4S2/c1-15(2)26-19-8-7-17(14-20(19)31-22(26)28)23-21(27)16-5-4-6-18(13-16)32(29,30)25-11-9-24(3)10-12-25/h4-8,13-15H,9-12H2,1-3H3,(H,23,27). The molecule has 0 bridgehead atoms. The molecule has 2 aromatic carbocycles. The van der Waals surface area contributed by atoms with Gasteiger partial charge in [-0.25, -0.2) is 8.42 Å². The van der Waals surface area contributed by atoms with Gasteiger partial charge in [0.25, 0.3) is 5.91 Å². The number of carbonyl (C=O) groups is 1. The number of thiazole rings is 1. The second kappa shape index (κ2) is 8.78. The molecule has 1 aromatic heterocycles. The summed E-state index contributed by atoms with van der Waals surface area (Å²) in [5.74, 6) is -0.407. The van der Waals surface area contributed by atoms with E-state index in [2.05, 4.69) is 10.2 Å². The fourth-order valence-electron chi connectivity index (χ4n) is 3.78. The van der Waals surface area contributed by atoms with E-state index in [4.69, 9.17) is 0 Å². The largest absolute Gasteiger partial charge is 0.322 e. The van der Waals surface area contributed by atoms with Crippen molar-refractivity contribution < 1.29 is 13.2 Å². The van der Waals surface area contributed by atoms with Crippen molar-refractivity contribution >= 4 is 43.2 Å². The van der Waals surface area contributed by atoms with E-state index in [0.29, 0.717) is 31.9 Å². The Morgan fingerprint density at radius 2 is 1.78 bits per heavy atom. The van der Waals surface area contributed by atoms with Crippen LogP contribution >= 0.6 is 11.3 Å². The number of aromatic nitrogens is 1. The molecule has 2 heterocycles. The predicted octanol–water partition coefficient (Wildman–Crippen LogP) is 2.83. The van der Waals surface area contributed by atoms with Gasteiger partial charge in [0.2, 0.25) is 10.0 Å². The highest BCUT2D eigenvalue weighted by Gasteiger charge is 2.28. The Balaban J connectivity index is 1.56. The highest BCUT2D eigenvalue weighted by molar-refractivity contribution is 7.89. The molecule has 1 amide bonds. The Morgan fingerprint density at radius 1 is 1.06 bits per heavy atom. The minimum Gasteiger partial charge on any atom is -0.322 e. The molecule has 170 valence electrons. The van der Waals surface area contributed by atoms with E-state index in [1.807, 2.05) is 27.0 Å². The Morgan fingerprint density at radius 3 is 2.47 bits per heavy atom. The first-order valence-corrected chi connectivity index (χ1v) is 12.7. The zero-order chi connectivity index (χ0) is 23.0. The van der Waals surface area contributed by atoms with Crippen LogP contribution in [0.5, 0.6) is 0 Å². The lowest BCUT2D eigenvalue weighted by atomic mass is 10.2. The van der Waals surface area contributed by atoms with Crippen molar-refractivity contribution in [1.82, 2.24) is 13.8 Å². The van der Waals surface area contributed by atoms with E-state index < -0.39 is 15.9 Å². The van der Waals surface area contributed by atoms with E-state index >= 15 is 0 Å². The van der Waals surface area contributed by atoms with Crippen LogP contribution in [-0.2, 0) is 10.0 Å². The topological polar surface area (TPSA) is 91.7 Å². The zero-order valence-electron chi connectivity index (χ0n) is 18.2. The summed E-state index contributed by atoms with van der Waals surface area (Å²) in [7, 11) is -1.70. The number of likely N-dealkylation sites (N-methyl/N-ethyl adjacent to an activating group) is 1. The van der Waals surface area contributed by atoms with Gasteiger partial charge in [0.05, 0.1) is 15.1 Å². The molecule has 32 heavy (non-hydrogen) atoms. The molecule has 0 radical (unpaired) electrons. The van der Waals surface area contributed by atoms with Crippen LogP contribution in [0.15, 0.2) is 52.2 Å². The second-order valence-electron chi connectivity index (χ2n) is 8.20. The molecule has 1 fully saturated rings. The van der Waals surface area contributed by atoms with Gasteiger partial charge in [-0.1, -0.05) is 17.4 Å². The van der Waals surface area contributed by atoms with Crippen LogP contribution < -0.4 is 10.2 Å². The lowest BCUT2D eigenvalue weighted by Crippen LogP contribution is -2.47. The number of anilines is 1. The zero-order valence-corrected chi connectivity index (χ0v) is 19.9. The fraction of sp³-hybridized carbons (Fsp3) is 0.364. The molecule has 3 aromatic rings. The van der Waals surface area contributed by atoms with E-state index in [-0.39, 0.29) is 21.4 Å². The number of hydrogen-bond donors (Lipinski definition) is 1. The number of sulfonamides is 1. The molecule has 0 atom stereocenters. The van der Waals surface area contributed by atoms with Gasteiger partial charge in [-0.2, -0.15) is 4.31 Å². The van der Waals surface area contributed by atoms with Gasteiger partial charge >= 0.3 is 4.87 Å². The molecule has 0 aliphatic carbocycles. The molecule has 1 N–H and O–H groups in total. The van der Waals surface area contributed by atoms with Crippen molar-refractivity contribution in [2.75, 3.05) is 38.5 Å². The van der Waals surface area contributed by atoms with Gasteiger partial charge in [0, 0.05) is 43.5 Å². The number of carbonyl (C=O) groups excluding carboxylic acids is 1. The molecule has 0 spiro atoms. The molecular weight excluding hydrogens is 448 g/mol. The monoisotopic (exact) mass is 474 g/mol. The number of hydrogen-bond acceptors (Lipinski definition) is 6. The first kappa shape index (κ1) is 22.7. The number of fused-ring (bicyclic) bond motifs is 1. The Kier molecular flexibility index (Phi) is 6.22. The minimum absolute atomic E-state index is 0.0414. The van der Waals surface area contributed by atoms with Gasteiger partial charge in [-0.3, -0.25) is 14.2 Å². The molecule has 10 heteroatoms. The molecule has 4 rings (SSSR count). The summed E-state index contributed by atoms with van der Waals surface area (Å²) in [4.78, 5) is 27.2. The minimum atomic E-state index is -3.66. The fourth-order valence-corrected chi connectivity index (χ4v) is 6.30. The summed E-state index contributed by atoms with van der Waals surface area (Å²) in [6, 6.07) is 11.5. The SMILES string of the molecule is CC(C)n1c(=O)sc2cc(NC(=O)c3cccc(S(=O)(=O)N4CCN(C)CC4)c3)ccc21. The molecule has 0 unspecified atom stereocenters. The van der Waals surface area contributed by atoms with E-state index in [0.717, 1.165) is 21.6 Å². The third-order valence-corrected chi connectivity index (χ3v) is 8.40. The second-order valence-corrected chi connectivity index (χ2v) is 11.1. The highest BCUT2D eigenvalue weighted by Crippen LogP contribution is 2.25. The summed E-state index contributed by atoms with van der Waals surface area (Å²) in [6.45, 7) is 6.10. The van der Waals surface area contributed by atoms with Crippen molar-refractivity contribution in [1.29, 1.82) is 0 Å². The van der Waals surface area contributed by atoms with Crippen LogP contribution in [0.2, 0.25) is 0 Å². The van der Waals surface area contributed by atoms with Gasteiger partial charge < -0.3 is 10.2 Å². The van der Waals surface area contributed by atoms with Gasteiger partial charge in [-0.05, 0) is 57.3 Å². The number of amides is 1. The highest BCUT2D eigenvalue weighted by atomic mass is 32.2. The average Bonchev–Trinajstić information content (AvgIpc) is 3.09. The van der Waals surface area contributed by atoms with Crippen LogP contribution in [0.1, 0.15) is 30.2 Å². The Bertz CT molecular complexity index is 1320. The third-order valence-electron chi connectivity index (χ3n) is 5.58. The predicted molar refractivity (Wildman–Crippen MR) is 127 cm³/mol. The number of rotatable bonds is 5. The quantitative estimate of drug-likeness (QED) is 0.614. The van der Waals surface area contributed by atoms with E-state index in [1.165, 1.54) is 16.4 Å². The molecule has 1 aliphatic heterocycles. The van der Waals surface area contributed by atoms with Crippen LogP contribution in [0.4, 0.5) is 5.69 Å².